The van der Waals surface area contributed by atoms with Crippen LogP contribution in [0.25, 0.3) is 39.4 Å². The number of ether oxygens (including phenoxy) is 1. The van der Waals surface area contributed by atoms with Gasteiger partial charge >= 0.3 is 5.89 Å². The van der Waals surface area contributed by atoms with E-state index in [-0.39, 0.29) is 11.8 Å². The number of rotatable bonds is 9. The van der Waals surface area contributed by atoms with Crippen LogP contribution in [0.15, 0.2) is 119 Å². The van der Waals surface area contributed by atoms with Gasteiger partial charge in [0.25, 0.3) is 15.6 Å². The van der Waals surface area contributed by atoms with Crippen molar-refractivity contribution in [3.8, 4) is 28.0 Å². The number of aromatic nitrogens is 1. The number of fused-ring (bicyclic) bond motifs is 2. The fourth-order valence-corrected chi connectivity index (χ4v) is 6.36. The summed E-state index contributed by atoms with van der Waals surface area (Å²) in [6.07, 6.45) is 3.56. The van der Waals surface area contributed by atoms with Crippen LogP contribution in [-0.4, -0.2) is 31.8 Å². The SMILES string of the molecule is CCC(=C/c1oc2ccc(-c3ccccc3)cc2[n+]1CS(=O)(=O)[O-])/C=C1\Oc2ccc(-c3ccccc3)cc2N1CS(=O)(=O)O. The molecule has 0 spiro atoms. The Morgan fingerprint density at radius 1 is 0.867 bits per heavy atom. The zero-order valence-corrected chi connectivity index (χ0v) is 25.7. The van der Waals surface area contributed by atoms with Crippen LogP contribution in [0.2, 0.25) is 0 Å². The summed E-state index contributed by atoms with van der Waals surface area (Å²) < 4.78 is 83.2. The lowest BCUT2D eigenvalue weighted by Crippen LogP contribution is -2.39. The van der Waals surface area contributed by atoms with Gasteiger partial charge in [0, 0.05) is 12.1 Å². The highest BCUT2D eigenvalue weighted by molar-refractivity contribution is 7.85. The van der Waals surface area contributed by atoms with Crippen LogP contribution < -0.4 is 14.2 Å². The molecule has 0 saturated carbocycles. The average molecular weight is 645 g/mol. The van der Waals surface area contributed by atoms with Gasteiger partial charge in [0.15, 0.2) is 21.7 Å². The minimum absolute atomic E-state index is 0.103. The fraction of sp³-hybridized carbons (Fsp3) is 0.121. The summed E-state index contributed by atoms with van der Waals surface area (Å²) in [6, 6.07) is 29.7. The van der Waals surface area contributed by atoms with Gasteiger partial charge in [-0.25, -0.2) is 8.42 Å². The maximum Gasteiger partial charge on any atom is 0.375 e. The van der Waals surface area contributed by atoms with Gasteiger partial charge in [-0.3, -0.25) is 9.45 Å². The molecule has 5 aromatic rings. The molecular formula is C33H28N2O8S2. The number of nitrogens with zero attached hydrogens (tertiary/aromatic N) is 2. The van der Waals surface area contributed by atoms with E-state index in [2.05, 4.69) is 0 Å². The van der Waals surface area contributed by atoms with Crippen LogP contribution in [0.1, 0.15) is 19.2 Å². The molecule has 0 atom stereocenters. The molecule has 1 aliphatic heterocycles. The molecule has 0 aliphatic carbocycles. The van der Waals surface area contributed by atoms with Gasteiger partial charge in [0.2, 0.25) is 17.3 Å². The molecule has 0 saturated heterocycles. The first-order chi connectivity index (χ1) is 21.5. The largest absolute Gasteiger partial charge is 0.743 e. The predicted octanol–water partition coefficient (Wildman–Crippen LogP) is 5.94. The van der Waals surface area contributed by atoms with Crippen LogP contribution in [0.5, 0.6) is 5.75 Å². The number of hydrogen-bond acceptors (Lipinski definition) is 8. The highest BCUT2D eigenvalue weighted by Gasteiger charge is 2.31. The summed E-state index contributed by atoms with van der Waals surface area (Å²) in [5.74, 6) is -0.998. The molecule has 0 amide bonds. The van der Waals surface area contributed by atoms with Crippen LogP contribution in [-0.2, 0) is 26.1 Å². The summed E-state index contributed by atoms with van der Waals surface area (Å²) >= 11 is 0. The van der Waals surface area contributed by atoms with Crippen molar-refractivity contribution in [3.05, 3.63) is 120 Å². The van der Waals surface area contributed by atoms with Gasteiger partial charge in [-0.2, -0.15) is 8.42 Å². The zero-order chi connectivity index (χ0) is 31.8. The highest BCUT2D eigenvalue weighted by atomic mass is 32.2. The third-order valence-electron chi connectivity index (χ3n) is 7.28. The van der Waals surface area contributed by atoms with Crippen molar-refractivity contribution in [2.24, 2.45) is 0 Å². The van der Waals surface area contributed by atoms with Crippen molar-refractivity contribution in [3.63, 3.8) is 0 Å². The van der Waals surface area contributed by atoms with Crippen LogP contribution >= 0.6 is 0 Å². The third-order valence-corrected chi connectivity index (χ3v) is 8.44. The first-order valence-electron chi connectivity index (χ1n) is 13.9. The third kappa shape index (κ3) is 6.84. The first kappa shape index (κ1) is 30.3. The smallest absolute Gasteiger partial charge is 0.375 e. The highest BCUT2D eigenvalue weighted by Crippen LogP contribution is 2.42. The topological polar surface area (TPSA) is 141 Å². The Bertz CT molecular complexity index is 2170. The van der Waals surface area contributed by atoms with E-state index >= 15 is 0 Å². The predicted molar refractivity (Wildman–Crippen MR) is 169 cm³/mol. The van der Waals surface area contributed by atoms with Crippen molar-refractivity contribution < 1.29 is 39.7 Å². The van der Waals surface area contributed by atoms with E-state index in [0.717, 1.165) is 22.3 Å². The molecule has 45 heavy (non-hydrogen) atoms. The van der Waals surface area contributed by atoms with Gasteiger partial charge in [0.1, 0.15) is 0 Å². The van der Waals surface area contributed by atoms with Crippen LogP contribution in [0.4, 0.5) is 5.69 Å². The normalized spacial score (nSPS) is 14.6. The lowest BCUT2D eigenvalue weighted by molar-refractivity contribution is -0.658. The Balaban J connectivity index is 1.44. The maximum absolute atomic E-state index is 12.1. The number of benzene rings is 4. The van der Waals surface area contributed by atoms with Crippen molar-refractivity contribution in [1.82, 2.24) is 0 Å². The minimum atomic E-state index is -4.71. The molecule has 1 aliphatic rings. The number of oxazole rings is 1. The molecule has 2 heterocycles. The van der Waals surface area contributed by atoms with E-state index < -0.39 is 32.0 Å². The fourth-order valence-electron chi connectivity index (χ4n) is 5.19. The molecule has 4 aromatic carbocycles. The number of hydrogen-bond donors (Lipinski definition) is 1. The van der Waals surface area contributed by atoms with E-state index in [9.17, 15) is 25.9 Å². The lowest BCUT2D eigenvalue weighted by atomic mass is 10.0. The zero-order valence-electron chi connectivity index (χ0n) is 24.0. The standard InChI is InChI=1S/C33H28N2O8S2/c1-2-23(17-32-34(21-44(36,37)38)28-19-26(13-15-30(28)42-32)24-9-5-3-6-10-24)18-33-35(22-45(39,40)41)29-20-27(14-16-31(29)43-33)25-11-7-4-8-12-25/h3-20H,2,21-22H2,1H3,(H-,36,37,38,39,40,41). The van der Waals surface area contributed by atoms with E-state index in [1.54, 1.807) is 36.4 Å². The van der Waals surface area contributed by atoms with Crippen LogP contribution in [0, 0.1) is 0 Å². The summed E-state index contributed by atoms with van der Waals surface area (Å²) in [5, 5.41) is 0. The Hall–Kier alpha value is -4.75. The Morgan fingerprint density at radius 2 is 1.49 bits per heavy atom. The Labute approximate surface area is 260 Å². The molecule has 230 valence electrons. The quantitative estimate of drug-likeness (QED) is 0.153. The molecule has 0 unspecified atom stereocenters. The van der Waals surface area contributed by atoms with Gasteiger partial charge in [0.05, 0.1) is 11.8 Å². The molecule has 1 N–H and O–H groups in total. The van der Waals surface area contributed by atoms with Crippen molar-refractivity contribution in [2.45, 2.75) is 19.2 Å². The van der Waals surface area contributed by atoms with E-state index in [1.807, 2.05) is 79.7 Å². The molecule has 6 rings (SSSR count). The number of allylic oxidation sites excluding steroid dienone is 2. The van der Waals surface area contributed by atoms with Gasteiger partial charge in [-0.15, -0.1) is 4.57 Å². The van der Waals surface area contributed by atoms with Gasteiger partial charge in [-0.1, -0.05) is 79.7 Å². The molecular weight excluding hydrogens is 617 g/mol. The summed E-state index contributed by atoms with van der Waals surface area (Å²) in [6.45, 7) is 1.84. The van der Waals surface area contributed by atoms with E-state index in [4.69, 9.17) is 9.15 Å². The molecule has 0 radical (unpaired) electrons. The second-order valence-corrected chi connectivity index (χ2v) is 13.2. The first-order valence-corrected chi connectivity index (χ1v) is 17.1. The maximum atomic E-state index is 12.1. The van der Waals surface area contributed by atoms with Gasteiger partial charge in [-0.05, 0) is 52.4 Å². The summed E-state index contributed by atoms with van der Waals surface area (Å²) in [5.41, 5.74) is 5.25. The molecule has 0 fully saturated rings. The van der Waals surface area contributed by atoms with Crippen molar-refractivity contribution >= 4 is 43.1 Å². The monoisotopic (exact) mass is 644 g/mol. The van der Waals surface area contributed by atoms with Crippen LogP contribution in [0.3, 0.4) is 0 Å². The molecule has 0 bridgehead atoms. The van der Waals surface area contributed by atoms with Crippen molar-refractivity contribution in [2.75, 3.05) is 10.8 Å². The second kappa shape index (κ2) is 12.0. The minimum Gasteiger partial charge on any atom is -0.743 e. The van der Waals surface area contributed by atoms with Gasteiger partial charge < -0.3 is 13.7 Å². The molecule has 10 nitrogen and oxygen atoms in total. The Morgan fingerprint density at radius 3 is 2.09 bits per heavy atom. The average Bonchev–Trinajstić information content (AvgIpc) is 3.51. The molecule has 12 heteroatoms. The van der Waals surface area contributed by atoms with E-state index in [1.165, 1.54) is 9.47 Å². The Kier molecular flexibility index (Phi) is 8.06. The summed E-state index contributed by atoms with van der Waals surface area (Å²) in [4.78, 5) is 1.35. The lowest BCUT2D eigenvalue weighted by Gasteiger charge is -2.17. The van der Waals surface area contributed by atoms with Crippen molar-refractivity contribution in [1.29, 1.82) is 0 Å². The molecule has 1 aromatic heterocycles. The summed E-state index contributed by atoms with van der Waals surface area (Å²) in [7, 11) is -9.19. The number of anilines is 1. The second-order valence-electron chi connectivity index (χ2n) is 10.4. The van der Waals surface area contributed by atoms with E-state index in [0.29, 0.717) is 34.5 Å².